The van der Waals surface area contributed by atoms with E-state index in [1.165, 1.54) is 36.3 Å². The van der Waals surface area contributed by atoms with Crippen molar-refractivity contribution in [3.05, 3.63) is 60.2 Å². The summed E-state index contributed by atoms with van der Waals surface area (Å²) in [4.78, 5) is 41.1. The Balaban J connectivity index is 1.86. The fraction of sp³-hybridized carbons (Fsp3) is 0.348. The molecular formula is C23H27N3O6S. The molecule has 9 nitrogen and oxygen atoms in total. The van der Waals surface area contributed by atoms with Crippen molar-refractivity contribution in [3.8, 4) is 5.75 Å². The van der Waals surface area contributed by atoms with E-state index in [1.54, 1.807) is 42.2 Å². The van der Waals surface area contributed by atoms with Crippen molar-refractivity contribution in [3.63, 3.8) is 0 Å². The maximum Gasteiger partial charge on any atom is 0.261 e. The van der Waals surface area contributed by atoms with Gasteiger partial charge in [0.15, 0.2) is 0 Å². The Morgan fingerprint density at radius 2 is 1.52 bits per heavy atom. The molecule has 2 aromatic carbocycles. The van der Waals surface area contributed by atoms with E-state index < -0.39 is 27.0 Å². The van der Waals surface area contributed by atoms with Crippen LogP contribution in [0.1, 0.15) is 23.7 Å². The molecule has 1 fully saturated rings. The average molecular weight is 474 g/mol. The van der Waals surface area contributed by atoms with Gasteiger partial charge in [-0.1, -0.05) is 25.1 Å². The molecule has 0 radical (unpaired) electrons. The molecule has 1 N–H and O–H groups in total. The van der Waals surface area contributed by atoms with Gasteiger partial charge in [0.05, 0.1) is 12.0 Å². The lowest BCUT2D eigenvalue weighted by Crippen LogP contribution is -2.57. The molecule has 1 atom stereocenters. The minimum Gasteiger partial charge on any atom is -0.497 e. The maximum atomic E-state index is 13.4. The van der Waals surface area contributed by atoms with Gasteiger partial charge in [-0.2, -0.15) is 0 Å². The summed E-state index contributed by atoms with van der Waals surface area (Å²) in [6, 6.07) is 13.6. The molecule has 1 aliphatic heterocycles. The van der Waals surface area contributed by atoms with Gasteiger partial charge in [0.1, 0.15) is 5.75 Å². The highest BCUT2D eigenvalue weighted by Crippen LogP contribution is 2.19. The number of rotatable bonds is 7. The second-order valence-electron chi connectivity index (χ2n) is 7.50. The Morgan fingerprint density at radius 1 is 0.939 bits per heavy atom. The van der Waals surface area contributed by atoms with Gasteiger partial charge in [-0.25, -0.2) is 8.42 Å². The van der Waals surface area contributed by atoms with Crippen LogP contribution in [0.2, 0.25) is 0 Å². The van der Waals surface area contributed by atoms with Crippen molar-refractivity contribution >= 4 is 27.6 Å². The smallest absolute Gasteiger partial charge is 0.261 e. The third kappa shape index (κ3) is 5.51. The molecule has 2 aromatic rings. The van der Waals surface area contributed by atoms with Crippen molar-refractivity contribution in [1.29, 1.82) is 0 Å². The number of ether oxygens (including phenoxy) is 1. The molecule has 0 aliphatic carbocycles. The zero-order valence-corrected chi connectivity index (χ0v) is 19.4. The molecule has 1 saturated heterocycles. The second kappa shape index (κ2) is 10.5. The lowest BCUT2D eigenvalue weighted by molar-refractivity contribution is -0.139. The van der Waals surface area contributed by atoms with Crippen LogP contribution < -0.4 is 10.1 Å². The lowest BCUT2D eigenvalue weighted by Gasteiger charge is -2.36. The minimum absolute atomic E-state index is 0.0247. The SMILES string of the molecule is CCC(=O)N1CCN(C(=O)[C@@H](NC(=O)c2ccc(OC)cc2)S(=O)(=O)c2ccccc2)CC1. The number of methoxy groups -OCH3 is 1. The molecule has 0 aromatic heterocycles. The van der Waals surface area contributed by atoms with Crippen LogP contribution in [-0.2, 0) is 19.4 Å². The quantitative estimate of drug-likeness (QED) is 0.649. The molecule has 1 heterocycles. The van der Waals surface area contributed by atoms with Gasteiger partial charge < -0.3 is 19.9 Å². The maximum absolute atomic E-state index is 13.4. The molecule has 176 valence electrons. The van der Waals surface area contributed by atoms with Gasteiger partial charge in [0.25, 0.3) is 11.8 Å². The van der Waals surface area contributed by atoms with E-state index >= 15 is 0 Å². The Labute approximate surface area is 193 Å². The van der Waals surface area contributed by atoms with E-state index in [-0.39, 0.29) is 29.5 Å². The highest BCUT2D eigenvalue weighted by Gasteiger charge is 2.39. The monoisotopic (exact) mass is 473 g/mol. The van der Waals surface area contributed by atoms with Gasteiger partial charge in [-0.3, -0.25) is 14.4 Å². The second-order valence-corrected chi connectivity index (χ2v) is 9.53. The summed E-state index contributed by atoms with van der Waals surface area (Å²) in [6.07, 6.45) is 0.358. The van der Waals surface area contributed by atoms with Crippen LogP contribution in [0, 0.1) is 0 Å². The van der Waals surface area contributed by atoms with E-state index in [2.05, 4.69) is 5.32 Å². The van der Waals surface area contributed by atoms with Crippen LogP contribution in [0.3, 0.4) is 0 Å². The first-order valence-corrected chi connectivity index (χ1v) is 12.1. The van der Waals surface area contributed by atoms with Gasteiger partial charge in [-0.15, -0.1) is 0 Å². The van der Waals surface area contributed by atoms with E-state index in [0.717, 1.165) is 0 Å². The average Bonchev–Trinajstić information content (AvgIpc) is 2.86. The van der Waals surface area contributed by atoms with Gasteiger partial charge in [0.2, 0.25) is 21.1 Å². The van der Waals surface area contributed by atoms with Crippen molar-refractivity contribution in [1.82, 2.24) is 15.1 Å². The van der Waals surface area contributed by atoms with E-state index in [0.29, 0.717) is 25.3 Å². The van der Waals surface area contributed by atoms with Crippen LogP contribution in [-0.4, -0.2) is 74.6 Å². The summed E-state index contributed by atoms with van der Waals surface area (Å²) in [5, 5.41) is 0.609. The number of benzene rings is 2. The number of piperazine rings is 1. The summed E-state index contributed by atoms with van der Waals surface area (Å²) >= 11 is 0. The van der Waals surface area contributed by atoms with Crippen LogP contribution in [0.4, 0.5) is 0 Å². The number of nitrogens with zero attached hydrogens (tertiary/aromatic N) is 2. The summed E-state index contributed by atoms with van der Waals surface area (Å²) < 4.78 is 31.8. The van der Waals surface area contributed by atoms with E-state index in [1.807, 2.05) is 0 Å². The first-order chi connectivity index (χ1) is 15.8. The molecule has 1 aliphatic rings. The number of carbonyl (C=O) groups is 3. The van der Waals surface area contributed by atoms with Crippen LogP contribution in [0.25, 0.3) is 0 Å². The Hall–Kier alpha value is -3.40. The van der Waals surface area contributed by atoms with E-state index in [9.17, 15) is 22.8 Å². The third-order valence-electron chi connectivity index (χ3n) is 5.47. The fourth-order valence-corrected chi connectivity index (χ4v) is 5.01. The van der Waals surface area contributed by atoms with Gasteiger partial charge in [-0.05, 0) is 36.4 Å². The van der Waals surface area contributed by atoms with Crippen molar-refractivity contribution in [2.75, 3.05) is 33.3 Å². The summed E-state index contributed by atoms with van der Waals surface area (Å²) in [5.74, 6) is -0.918. The zero-order valence-electron chi connectivity index (χ0n) is 18.6. The molecule has 3 rings (SSSR count). The minimum atomic E-state index is -4.23. The molecule has 0 unspecified atom stereocenters. The number of nitrogens with one attached hydrogen (secondary N) is 1. The number of hydrogen-bond acceptors (Lipinski definition) is 6. The topological polar surface area (TPSA) is 113 Å². The van der Waals surface area contributed by atoms with Crippen LogP contribution >= 0.6 is 0 Å². The van der Waals surface area contributed by atoms with E-state index in [4.69, 9.17) is 4.74 Å². The Morgan fingerprint density at radius 3 is 2.06 bits per heavy atom. The number of hydrogen-bond donors (Lipinski definition) is 1. The Kier molecular flexibility index (Phi) is 7.70. The van der Waals surface area contributed by atoms with Crippen LogP contribution in [0.5, 0.6) is 5.75 Å². The molecular weight excluding hydrogens is 446 g/mol. The highest BCUT2D eigenvalue weighted by molar-refractivity contribution is 7.92. The number of amides is 3. The zero-order chi connectivity index (χ0) is 24.0. The van der Waals surface area contributed by atoms with Gasteiger partial charge >= 0.3 is 0 Å². The first-order valence-electron chi connectivity index (χ1n) is 10.6. The molecule has 0 saturated carbocycles. The molecule has 3 amide bonds. The molecule has 0 bridgehead atoms. The first kappa shape index (κ1) is 24.2. The van der Waals surface area contributed by atoms with Crippen LogP contribution in [0.15, 0.2) is 59.5 Å². The largest absolute Gasteiger partial charge is 0.497 e. The standard InChI is InChI=1S/C23H27N3O6S/c1-3-20(27)25-13-15-26(16-14-25)23(29)22(33(30,31)19-7-5-4-6-8-19)24-21(28)17-9-11-18(32-2)12-10-17/h4-12,22H,3,13-16H2,1-2H3,(H,24,28)/t22-/m0/s1. The van der Waals surface area contributed by atoms with Crippen molar-refractivity contribution in [2.45, 2.75) is 23.6 Å². The van der Waals surface area contributed by atoms with Gasteiger partial charge in [0, 0.05) is 38.2 Å². The molecule has 10 heteroatoms. The fourth-order valence-electron chi connectivity index (χ4n) is 3.53. The third-order valence-corrected chi connectivity index (χ3v) is 7.34. The lowest BCUT2D eigenvalue weighted by atomic mass is 10.2. The summed E-state index contributed by atoms with van der Waals surface area (Å²) in [7, 11) is -2.74. The highest BCUT2D eigenvalue weighted by atomic mass is 32.2. The Bertz CT molecular complexity index is 1090. The predicted octanol–water partition coefficient (Wildman–Crippen LogP) is 1.31. The molecule has 33 heavy (non-hydrogen) atoms. The van der Waals surface area contributed by atoms with Crippen molar-refractivity contribution in [2.24, 2.45) is 0 Å². The number of sulfone groups is 1. The predicted molar refractivity (Wildman–Crippen MR) is 121 cm³/mol. The molecule has 0 spiro atoms. The summed E-state index contributed by atoms with van der Waals surface area (Å²) in [6.45, 7) is 2.75. The number of carbonyl (C=O) groups excluding carboxylic acids is 3. The normalized spacial score (nSPS) is 15.0. The van der Waals surface area contributed by atoms with Crippen molar-refractivity contribution < 1.29 is 27.5 Å². The summed E-state index contributed by atoms with van der Waals surface area (Å²) in [5.41, 5.74) is 0.190.